The summed E-state index contributed by atoms with van der Waals surface area (Å²) in [5.41, 5.74) is 1.23. The highest BCUT2D eigenvalue weighted by atomic mass is 32.1. The number of nitrogens with one attached hydrogen (secondary N) is 1. The molecule has 2 atom stereocenters. The van der Waals surface area contributed by atoms with Gasteiger partial charge in [0.05, 0.1) is 12.0 Å². The summed E-state index contributed by atoms with van der Waals surface area (Å²) in [4.78, 5) is 12.4. The van der Waals surface area contributed by atoms with E-state index < -0.39 is 5.82 Å². The smallest absolute Gasteiger partial charge is 0.172 e. The molecule has 0 spiro atoms. The second-order valence-corrected chi connectivity index (χ2v) is 8.12. The number of carbonyl (C=O) groups excluding carboxylic acids is 1. The van der Waals surface area contributed by atoms with Crippen LogP contribution in [0.4, 0.5) is 4.39 Å². The van der Waals surface area contributed by atoms with Crippen molar-refractivity contribution in [3.63, 3.8) is 0 Å². The minimum Gasteiger partial charge on any atom is -0.313 e. The lowest BCUT2D eigenvalue weighted by atomic mass is 10.0. The molecule has 6 heteroatoms. The summed E-state index contributed by atoms with van der Waals surface area (Å²) in [5, 5.41) is 12.9. The van der Waals surface area contributed by atoms with Gasteiger partial charge < -0.3 is 5.32 Å². The molecule has 2 fully saturated rings. The SMILES string of the molecule is Cc1nnc(CC(=O)c2cc(C3CC3NCC3CC3)ccc2F)s1. The van der Waals surface area contributed by atoms with Crippen LogP contribution in [0.5, 0.6) is 0 Å². The second-order valence-electron chi connectivity index (χ2n) is 6.85. The molecule has 0 aliphatic heterocycles. The molecule has 126 valence electrons. The minimum absolute atomic E-state index is 0.111. The first-order valence-corrected chi connectivity index (χ1v) is 9.27. The van der Waals surface area contributed by atoms with Gasteiger partial charge in [-0.3, -0.25) is 4.79 Å². The van der Waals surface area contributed by atoms with Gasteiger partial charge in [-0.15, -0.1) is 21.5 Å². The average Bonchev–Trinajstić information content (AvgIpc) is 3.46. The second kappa shape index (κ2) is 6.33. The number of benzene rings is 1. The lowest BCUT2D eigenvalue weighted by Crippen LogP contribution is -2.20. The number of nitrogens with zero attached hydrogens (tertiary/aromatic N) is 2. The Hall–Kier alpha value is -1.66. The first kappa shape index (κ1) is 15.8. The number of Topliss-reactive ketones (excluding diaryl/α,β-unsaturated/α-hetero) is 1. The van der Waals surface area contributed by atoms with E-state index in [9.17, 15) is 9.18 Å². The Morgan fingerprint density at radius 3 is 2.92 bits per heavy atom. The van der Waals surface area contributed by atoms with Gasteiger partial charge in [0.2, 0.25) is 0 Å². The molecule has 4 nitrogen and oxygen atoms in total. The van der Waals surface area contributed by atoms with Crippen molar-refractivity contribution in [1.29, 1.82) is 0 Å². The van der Waals surface area contributed by atoms with Crippen LogP contribution in [0.15, 0.2) is 18.2 Å². The predicted molar refractivity (Wildman–Crippen MR) is 91.0 cm³/mol. The van der Waals surface area contributed by atoms with E-state index in [0.717, 1.165) is 29.5 Å². The number of hydrogen-bond donors (Lipinski definition) is 1. The highest BCUT2D eigenvalue weighted by Gasteiger charge is 2.39. The maximum Gasteiger partial charge on any atom is 0.172 e. The quantitative estimate of drug-likeness (QED) is 0.783. The Kier molecular flexibility index (Phi) is 4.18. The van der Waals surface area contributed by atoms with Crippen LogP contribution in [0, 0.1) is 18.7 Å². The molecular formula is C18H20FN3OS. The largest absolute Gasteiger partial charge is 0.313 e. The van der Waals surface area contributed by atoms with E-state index in [0.29, 0.717) is 17.0 Å². The van der Waals surface area contributed by atoms with E-state index in [1.54, 1.807) is 6.07 Å². The zero-order chi connectivity index (χ0) is 16.7. The van der Waals surface area contributed by atoms with Crippen LogP contribution in [0.3, 0.4) is 0 Å². The highest BCUT2D eigenvalue weighted by Crippen LogP contribution is 2.42. The molecular weight excluding hydrogens is 325 g/mol. The number of aryl methyl sites for hydroxylation is 1. The van der Waals surface area contributed by atoms with Gasteiger partial charge in [0.25, 0.3) is 0 Å². The number of aromatic nitrogens is 2. The summed E-state index contributed by atoms with van der Waals surface area (Å²) in [5.74, 6) is 0.577. The molecule has 2 aromatic rings. The van der Waals surface area contributed by atoms with E-state index in [1.165, 1.54) is 30.2 Å². The lowest BCUT2D eigenvalue weighted by molar-refractivity contribution is 0.0988. The summed E-state index contributed by atoms with van der Waals surface area (Å²) in [6, 6.07) is 5.44. The summed E-state index contributed by atoms with van der Waals surface area (Å²) in [6.45, 7) is 2.93. The normalized spacial score (nSPS) is 22.6. The van der Waals surface area contributed by atoms with Gasteiger partial charge in [-0.05, 0) is 56.3 Å². The Bertz CT molecular complexity index is 771. The molecule has 0 amide bonds. The van der Waals surface area contributed by atoms with Crippen LogP contribution in [0.2, 0.25) is 0 Å². The molecule has 0 bridgehead atoms. The van der Waals surface area contributed by atoms with Crippen molar-refractivity contribution in [1.82, 2.24) is 15.5 Å². The van der Waals surface area contributed by atoms with E-state index in [2.05, 4.69) is 15.5 Å². The predicted octanol–water partition coefficient (Wildman–Crippen LogP) is 3.27. The van der Waals surface area contributed by atoms with Crippen molar-refractivity contribution < 1.29 is 9.18 Å². The van der Waals surface area contributed by atoms with Crippen LogP contribution < -0.4 is 5.32 Å². The molecule has 2 saturated carbocycles. The zero-order valence-electron chi connectivity index (χ0n) is 13.6. The first-order valence-electron chi connectivity index (χ1n) is 8.45. The van der Waals surface area contributed by atoms with Crippen LogP contribution in [0.25, 0.3) is 0 Å². The van der Waals surface area contributed by atoms with Gasteiger partial charge in [-0.1, -0.05) is 6.07 Å². The van der Waals surface area contributed by atoms with Gasteiger partial charge in [0, 0.05) is 12.0 Å². The summed E-state index contributed by atoms with van der Waals surface area (Å²) in [7, 11) is 0. The molecule has 2 aliphatic rings. The van der Waals surface area contributed by atoms with Crippen molar-refractivity contribution in [3.8, 4) is 0 Å². The number of hydrogen-bond acceptors (Lipinski definition) is 5. The van der Waals surface area contributed by atoms with Crippen LogP contribution in [-0.2, 0) is 6.42 Å². The zero-order valence-corrected chi connectivity index (χ0v) is 14.4. The maximum absolute atomic E-state index is 14.1. The van der Waals surface area contributed by atoms with Crippen molar-refractivity contribution in [2.45, 2.75) is 44.6 Å². The Balaban J connectivity index is 1.44. The molecule has 4 rings (SSSR count). The monoisotopic (exact) mass is 345 g/mol. The molecule has 1 aromatic carbocycles. The van der Waals surface area contributed by atoms with Crippen molar-refractivity contribution in [2.24, 2.45) is 5.92 Å². The molecule has 0 saturated heterocycles. The van der Waals surface area contributed by atoms with E-state index in [4.69, 9.17) is 0 Å². The molecule has 2 aliphatic carbocycles. The highest BCUT2D eigenvalue weighted by molar-refractivity contribution is 7.11. The molecule has 1 heterocycles. The van der Waals surface area contributed by atoms with Gasteiger partial charge in [0.15, 0.2) is 5.78 Å². The van der Waals surface area contributed by atoms with E-state index in [1.807, 2.05) is 13.0 Å². The van der Waals surface area contributed by atoms with Crippen LogP contribution in [-0.4, -0.2) is 28.6 Å². The Morgan fingerprint density at radius 1 is 1.38 bits per heavy atom. The van der Waals surface area contributed by atoms with Crippen LogP contribution >= 0.6 is 11.3 Å². The molecule has 2 unspecified atom stereocenters. The van der Waals surface area contributed by atoms with Gasteiger partial charge in [-0.25, -0.2) is 4.39 Å². The molecule has 24 heavy (non-hydrogen) atoms. The molecule has 1 aromatic heterocycles. The fourth-order valence-electron chi connectivity index (χ4n) is 3.06. The Labute approximate surface area is 144 Å². The maximum atomic E-state index is 14.1. The third kappa shape index (κ3) is 3.54. The molecule has 1 N–H and O–H groups in total. The van der Waals surface area contributed by atoms with Gasteiger partial charge in [-0.2, -0.15) is 0 Å². The van der Waals surface area contributed by atoms with Gasteiger partial charge >= 0.3 is 0 Å². The third-order valence-corrected chi connectivity index (χ3v) is 5.59. The average molecular weight is 345 g/mol. The number of halogens is 1. The van der Waals surface area contributed by atoms with E-state index >= 15 is 0 Å². The summed E-state index contributed by atoms with van der Waals surface area (Å²) in [6.07, 6.45) is 3.86. The van der Waals surface area contributed by atoms with Gasteiger partial charge in [0.1, 0.15) is 15.8 Å². The number of ketones is 1. The fraction of sp³-hybridized carbons (Fsp3) is 0.500. The van der Waals surface area contributed by atoms with E-state index in [-0.39, 0.29) is 17.8 Å². The first-order chi connectivity index (χ1) is 11.6. The third-order valence-electron chi connectivity index (χ3n) is 4.75. The summed E-state index contributed by atoms with van der Waals surface area (Å²) < 4.78 is 14.1. The fourth-order valence-corrected chi connectivity index (χ4v) is 3.77. The topological polar surface area (TPSA) is 54.9 Å². The standard InChI is InChI=1S/C18H20FN3OS/c1-10-21-22-18(24-10)8-17(23)14-6-12(4-5-15(14)19)13-7-16(13)20-9-11-2-3-11/h4-6,11,13,16,20H,2-3,7-9H2,1H3. The minimum atomic E-state index is -0.451. The number of rotatable bonds is 7. The molecule has 0 radical (unpaired) electrons. The van der Waals surface area contributed by atoms with Crippen molar-refractivity contribution in [2.75, 3.05) is 6.54 Å². The van der Waals surface area contributed by atoms with Crippen molar-refractivity contribution >= 4 is 17.1 Å². The van der Waals surface area contributed by atoms with Crippen LogP contribution in [0.1, 0.15) is 51.1 Å². The van der Waals surface area contributed by atoms with Crippen molar-refractivity contribution in [3.05, 3.63) is 45.2 Å². The lowest BCUT2D eigenvalue weighted by Gasteiger charge is -2.06. The Morgan fingerprint density at radius 2 is 2.21 bits per heavy atom. The number of carbonyl (C=O) groups is 1. The summed E-state index contributed by atoms with van der Waals surface area (Å²) >= 11 is 1.38.